The van der Waals surface area contributed by atoms with Gasteiger partial charge in [-0.1, -0.05) is 90.1 Å². The van der Waals surface area contributed by atoms with E-state index in [1.807, 2.05) is 17.0 Å². The zero-order valence-corrected chi connectivity index (χ0v) is 36.9. The minimum absolute atomic E-state index is 0.188. The van der Waals surface area contributed by atoms with Crippen LogP contribution < -0.4 is 16.4 Å². The number of benzene rings is 3. The molecule has 0 aliphatic carbocycles. The summed E-state index contributed by atoms with van der Waals surface area (Å²) in [5, 5.41) is 19.8. The van der Waals surface area contributed by atoms with Crippen molar-refractivity contribution in [1.82, 2.24) is 19.6 Å². The molecule has 2 saturated heterocycles. The third kappa shape index (κ3) is 8.91. The van der Waals surface area contributed by atoms with Gasteiger partial charge in [0.05, 0.1) is 0 Å². The Morgan fingerprint density at radius 3 is 1.35 bits per heavy atom. The molecule has 334 valence electrons. The standard InChI is InChI=1S/C46H60FN7O8/c1-43(2,3)35(50(7)41(59)60)37(55)53-23-11-21-45(53,39(48)57)31-15-9-13-29(25-31)27-52(34-19-17-33(47)18-20-34)28-30-14-10-16-32(26-30)46(40(49)58)22-12-24-54(46)38(56)36(44(4,5)6)51(8)42(61)62/h9-10,13-20,25-26,35-36H,11-12,21-24,27-28H2,1-8H3,(H2,48,57)(H2,49,58)(H,59,60)(H,61,62)/t35-,36-,45+,46+/m1/s1. The predicted molar refractivity (Wildman–Crippen MR) is 231 cm³/mol. The molecule has 4 atom stereocenters. The Balaban J connectivity index is 1.54. The van der Waals surface area contributed by atoms with E-state index in [2.05, 4.69) is 0 Å². The minimum atomic E-state index is -1.57. The number of rotatable bonds is 13. The molecule has 2 aliphatic rings. The van der Waals surface area contributed by atoms with Crippen molar-refractivity contribution < 1.29 is 43.4 Å². The number of anilines is 1. The van der Waals surface area contributed by atoms with E-state index in [0.717, 1.165) is 20.9 Å². The number of nitrogens with zero attached hydrogens (tertiary/aromatic N) is 5. The predicted octanol–water partition coefficient (Wildman–Crippen LogP) is 5.69. The summed E-state index contributed by atoms with van der Waals surface area (Å²) in [7, 11) is 2.66. The highest BCUT2D eigenvalue weighted by molar-refractivity contribution is 5.96. The van der Waals surface area contributed by atoms with Crippen molar-refractivity contribution in [2.24, 2.45) is 22.3 Å². The van der Waals surface area contributed by atoms with Gasteiger partial charge in [0.15, 0.2) is 0 Å². The molecule has 0 radical (unpaired) electrons. The number of carboxylic acid groups (broad SMARTS) is 2. The van der Waals surface area contributed by atoms with E-state index in [1.165, 1.54) is 36.0 Å². The van der Waals surface area contributed by atoms with Crippen LogP contribution in [-0.4, -0.2) is 105 Å². The van der Waals surface area contributed by atoms with Crippen molar-refractivity contribution in [1.29, 1.82) is 0 Å². The fourth-order valence-electron chi connectivity index (χ4n) is 9.57. The summed E-state index contributed by atoms with van der Waals surface area (Å²) in [5.41, 5.74) is 10.6. The van der Waals surface area contributed by atoms with Gasteiger partial charge in [-0.15, -0.1) is 0 Å². The second-order valence-electron chi connectivity index (χ2n) is 18.7. The molecule has 6 N–H and O–H groups in total. The van der Waals surface area contributed by atoms with Crippen molar-refractivity contribution in [2.75, 3.05) is 32.1 Å². The van der Waals surface area contributed by atoms with Crippen LogP contribution in [0, 0.1) is 16.6 Å². The lowest BCUT2D eigenvalue weighted by molar-refractivity contribution is -0.150. The first-order chi connectivity index (χ1) is 28.9. The number of hydrogen-bond donors (Lipinski definition) is 4. The largest absolute Gasteiger partial charge is 0.465 e. The number of amides is 6. The van der Waals surface area contributed by atoms with Crippen LogP contribution in [0.2, 0.25) is 0 Å². The average molecular weight is 858 g/mol. The number of halogens is 1. The van der Waals surface area contributed by atoms with Gasteiger partial charge < -0.3 is 36.4 Å². The minimum Gasteiger partial charge on any atom is -0.465 e. The van der Waals surface area contributed by atoms with Crippen LogP contribution in [0.3, 0.4) is 0 Å². The van der Waals surface area contributed by atoms with Crippen LogP contribution in [0.1, 0.15) is 89.5 Å². The van der Waals surface area contributed by atoms with E-state index < -0.39 is 75.6 Å². The lowest BCUT2D eigenvalue weighted by Crippen LogP contribution is -2.61. The molecule has 0 bridgehead atoms. The Labute approximate surface area is 362 Å². The molecule has 0 unspecified atom stereocenters. The Bertz CT molecular complexity index is 2070. The maximum atomic E-state index is 14.4. The highest BCUT2D eigenvalue weighted by atomic mass is 19.1. The average Bonchev–Trinajstić information content (AvgIpc) is 3.85. The smallest absolute Gasteiger partial charge is 0.407 e. The highest BCUT2D eigenvalue weighted by Crippen LogP contribution is 2.43. The van der Waals surface area contributed by atoms with Gasteiger partial charge in [0, 0.05) is 46.0 Å². The van der Waals surface area contributed by atoms with Crippen molar-refractivity contribution in [2.45, 2.75) is 103 Å². The van der Waals surface area contributed by atoms with Gasteiger partial charge in [-0.05, 0) is 83.0 Å². The number of carbonyl (C=O) groups is 6. The molecule has 2 fully saturated rings. The van der Waals surface area contributed by atoms with Gasteiger partial charge in [0.1, 0.15) is 29.0 Å². The lowest BCUT2D eigenvalue weighted by Gasteiger charge is -2.43. The molecule has 15 nitrogen and oxygen atoms in total. The van der Waals surface area contributed by atoms with E-state index in [-0.39, 0.29) is 39.0 Å². The second kappa shape index (κ2) is 17.7. The van der Waals surface area contributed by atoms with Gasteiger partial charge in [-0.2, -0.15) is 0 Å². The number of primary amides is 2. The Kier molecular flexibility index (Phi) is 13.3. The summed E-state index contributed by atoms with van der Waals surface area (Å²) in [4.78, 5) is 87.1. The van der Waals surface area contributed by atoms with Crippen LogP contribution >= 0.6 is 0 Å². The second-order valence-corrected chi connectivity index (χ2v) is 18.7. The number of likely N-dealkylation sites (tertiary alicyclic amines) is 2. The van der Waals surface area contributed by atoms with Gasteiger partial charge in [0.25, 0.3) is 0 Å². The number of nitrogens with two attached hydrogens (primary N) is 2. The molecule has 62 heavy (non-hydrogen) atoms. The topological polar surface area (TPSA) is 211 Å². The Hall–Kier alpha value is -6.19. The third-order valence-electron chi connectivity index (χ3n) is 12.3. The van der Waals surface area contributed by atoms with Gasteiger partial charge in [-0.25, -0.2) is 14.0 Å². The first-order valence-electron chi connectivity index (χ1n) is 20.7. The van der Waals surface area contributed by atoms with Crippen molar-refractivity contribution in [3.05, 3.63) is 101 Å². The summed E-state index contributed by atoms with van der Waals surface area (Å²) in [6.45, 7) is 11.4. The van der Waals surface area contributed by atoms with Crippen LogP contribution in [-0.2, 0) is 43.3 Å². The van der Waals surface area contributed by atoms with Crippen molar-refractivity contribution >= 4 is 41.5 Å². The Morgan fingerprint density at radius 2 is 1.03 bits per heavy atom. The van der Waals surface area contributed by atoms with Crippen molar-refractivity contribution in [3.8, 4) is 0 Å². The van der Waals surface area contributed by atoms with Crippen LogP contribution in [0.15, 0.2) is 72.8 Å². The van der Waals surface area contributed by atoms with E-state index in [0.29, 0.717) is 29.7 Å². The quantitative estimate of drug-likeness (QED) is 0.166. The molecule has 6 amide bonds. The van der Waals surface area contributed by atoms with E-state index in [1.54, 1.807) is 90.1 Å². The lowest BCUT2D eigenvalue weighted by atomic mass is 9.81. The summed E-state index contributed by atoms with van der Waals surface area (Å²) in [5.74, 6) is -2.99. The first kappa shape index (κ1) is 46.9. The normalized spacial score (nSPS) is 20.0. The summed E-state index contributed by atoms with van der Waals surface area (Å²) >= 11 is 0. The molecule has 16 heteroatoms. The highest BCUT2D eigenvalue weighted by Gasteiger charge is 2.55. The Morgan fingerprint density at radius 1 is 0.661 bits per heavy atom. The molecular weight excluding hydrogens is 798 g/mol. The maximum absolute atomic E-state index is 14.4. The molecule has 0 spiro atoms. The fraction of sp³-hybridized carbons (Fsp3) is 0.478. The molecule has 3 aromatic carbocycles. The summed E-state index contributed by atoms with van der Waals surface area (Å²) in [6, 6.07) is 18.0. The molecule has 2 heterocycles. The number of hydrogen-bond acceptors (Lipinski definition) is 7. The van der Waals surface area contributed by atoms with Gasteiger partial charge >= 0.3 is 12.2 Å². The van der Waals surface area contributed by atoms with Crippen LogP contribution in [0.25, 0.3) is 0 Å². The molecule has 2 aliphatic heterocycles. The maximum Gasteiger partial charge on any atom is 0.407 e. The summed E-state index contributed by atoms with van der Waals surface area (Å²) in [6.07, 6.45) is -1.21. The summed E-state index contributed by atoms with van der Waals surface area (Å²) < 4.78 is 14.3. The van der Waals surface area contributed by atoms with E-state index in [9.17, 15) is 43.4 Å². The SMILES string of the molecule is CN(C(=O)O)[C@H](C(=O)N1CCC[C@@]1(C(N)=O)c1cccc(CN(Cc2cccc([C@]3(C(N)=O)CCCN3C(=O)[C@@H](N(C)C(=O)O)C(C)(C)C)c2)c2ccc(F)cc2)c1)C(C)(C)C. The zero-order chi connectivity index (χ0) is 46.1. The van der Waals surface area contributed by atoms with Gasteiger partial charge in [0.2, 0.25) is 23.6 Å². The first-order valence-corrected chi connectivity index (χ1v) is 20.7. The van der Waals surface area contributed by atoms with E-state index >= 15 is 0 Å². The monoisotopic (exact) mass is 857 g/mol. The molecule has 0 aromatic heterocycles. The van der Waals surface area contributed by atoms with Crippen LogP contribution in [0.4, 0.5) is 19.7 Å². The zero-order valence-electron chi connectivity index (χ0n) is 36.9. The fourth-order valence-corrected chi connectivity index (χ4v) is 9.57. The van der Waals surface area contributed by atoms with Gasteiger partial charge in [-0.3, -0.25) is 29.0 Å². The van der Waals surface area contributed by atoms with Crippen LogP contribution in [0.5, 0.6) is 0 Å². The van der Waals surface area contributed by atoms with E-state index in [4.69, 9.17) is 11.5 Å². The number of carbonyl (C=O) groups excluding carboxylic acids is 4. The third-order valence-corrected chi connectivity index (χ3v) is 12.3. The molecule has 0 saturated carbocycles. The molecule has 5 rings (SSSR count). The molecule has 3 aromatic rings. The number of likely N-dealkylation sites (N-methyl/N-ethyl adjacent to an activating group) is 2. The van der Waals surface area contributed by atoms with Crippen molar-refractivity contribution in [3.63, 3.8) is 0 Å². The molecular formula is C46H60FN7O8.